The molecule has 3 aliphatic heterocycles. The number of anilines is 3. The molecule has 9 rings (SSSR count). The molecule has 43 heteroatoms. The lowest BCUT2D eigenvalue weighted by molar-refractivity contribution is -0.745. The second-order valence-electron chi connectivity index (χ2n) is 16.5. The van der Waals surface area contributed by atoms with Gasteiger partial charge in [0.1, 0.15) is 60.7 Å². The number of nitrogens with zero attached hydrogens (tertiary/aromatic N) is 10. The third kappa shape index (κ3) is 11.0. The zero-order valence-corrected chi connectivity index (χ0v) is 42.2. The third-order valence-corrected chi connectivity index (χ3v) is 16.8. The van der Waals surface area contributed by atoms with Crippen molar-refractivity contribution in [3.8, 4) is 0 Å². The number of H-pyrrole nitrogens is 2. The van der Waals surface area contributed by atoms with Crippen LogP contribution in [0.2, 0.25) is 0 Å². The molecular formula is C33H41FN15O23P4-3. The summed E-state index contributed by atoms with van der Waals surface area (Å²) in [7, 11) is -21.0. The van der Waals surface area contributed by atoms with E-state index in [-0.39, 0.29) is 51.2 Å². The zero-order valence-electron chi connectivity index (χ0n) is 38.7. The van der Waals surface area contributed by atoms with Crippen LogP contribution in [-0.4, -0.2) is 158 Å². The first-order valence-corrected chi connectivity index (χ1v) is 27.3. The molecule has 0 amide bonds. The molecule has 0 aliphatic carbocycles. The minimum atomic E-state index is -6.62. The molecule has 9 heterocycles. The lowest BCUT2D eigenvalue weighted by Crippen LogP contribution is -2.45. The molecule has 3 saturated heterocycles. The van der Waals surface area contributed by atoms with Crippen molar-refractivity contribution in [2.75, 3.05) is 50.8 Å². The smallest absolute Gasteiger partial charge is 0.313 e. The van der Waals surface area contributed by atoms with E-state index in [1.54, 1.807) is 0 Å². The van der Waals surface area contributed by atoms with Crippen molar-refractivity contribution in [1.29, 1.82) is 0 Å². The number of phosphoric acid groups is 4. The fourth-order valence-corrected chi connectivity index (χ4v) is 12.7. The SMILES string of the molecule is CNc1ncnc2c1ncn2[C@@H]1O[C@H](COP(=O)([O-])OP(=O)([O-])OP(=O)([O-])OC[C@H]2O[C@@H]([n+]3cn(C)c4c(=O)[nH]c(N)nc43)C(O)[C@H]2F)C(OP(=O)([O-])OC[C@H]2O[C@@H](n3cnc4c(=O)[nH]c(N)nc43)[C@@H](O)C2O)[C@@H]1OC. The molecule has 10 N–H and O–H groups in total. The second-order valence-corrected chi connectivity index (χ2v) is 22.4. The Balaban J connectivity index is 0.868. The van der Waals surface area contributed by atoms with E-state index in [1.807, 2.05) is 0 Å². The molecule has 3 aliphatic rings. The van der Waals surface area contributed by atoms with Crippen LogP contribution in [0.1, 0.15) is 18.7 Å². The van der Waals surface area contributed by atoms with Crippen molar-refractivity contribution >= 4 is 82.5 Å². The summed E-state index contributed by atoms with van der Waals surface area (Å²) in [6.07, 6.45) is -17.6. The third-order valence-electron chi connectivity index (χ3n) is 11.7. The number of nitrogens with two attached hydrogens (primary N) is 2. The number of alkyl halides is 1. The molecule has 0 radical (unpaired) electrons. The van der Waals surface area contributed by atoms with E-state index < -0.39 is 136 Å². The van der Waals surface area contributed by atoms with Gasteiger partial charge in [-0.2, -0.15) is 4.98 Å². The first-order valence-electron chi connectivity index (χ1n) is 21.5. The summed E-state index contributed by atoms with van der Waals surface area (Å²) in [6.45, 7) is -3.85. The first-order chi connectivity index (χ1) is 35.7. The van der Waals surface area contributed by atoms with Gasteiger partial charge < -0.3 is 88.7 Å². The molecule has 0 aromatic carbocycles. The number of aliphatic hydroxyl groups is 3. The standard InChI is InChI=1S/C33H44FN15O23P4/c1-37-23-15-24(39-7-38-23)47(8-40-15)31-22(63-3)21(70-73(55,56)64-5-12-18(50)20(52)30(68-12)48-9-41-16-25(48)42-32(35)44-27(16)53)13(69-31)6-66-75(59,60)72-76(61,62)71-74(57,58)65-4-11-14(34)19(51)29(67-11)49-10-46(2)17-26(49)43-33(36)45-28(17)54/h7-14,18-22,29-31,50-52H,4-6H2,1-3H3,(H10-,35,36,37,38,39,42,43,44,45,53,54,55,56,57,58,59,60,61,62)/p-3/t11-,12-,13-,14+,18?,19?,20+,21?,22+,29-,30-,31-/m1/s1. The number of rotatable bonds is 20. The molecule has 3 fully saturated rings. The average Bonchev–Trinajstić information content (AvgIpc) is 4.19. The maximum absolute atomic E-state index is 15.3. The molecule has 16 atom stereocenters. The van der Waals surface area contributed by atoms with Crippen molar-refractivity contribution in [3.63, 3.8) is 0 Å². The van der Waals surface area contributed by atoms with E-state index in [2.05, 4.69) is 58.3 Å². The van der Waals surface area contributed by atoms with E-state index in [9.17, 15) is 62.7 Å². The molecule has 7 unspecified atom stereocenters. The number of ether oxygens (including phenoxy) is 4. The number of aliphatic hydroxyl groups excluding tert-OH is 3. The summed E-state index contributed by atoms with van der Waals surface area (Å²) < 4.78 is 122. The van der Waals surface area contributed by atoms with Crippen LogP contribution in [0.25, 0.3) is 33.5 Å². The number of nitrogen functional groups attached to an aromatic ring is 2. The molecule has 76 heavy (non-hydrogen) atoms. The van der Waals surface area contributed by atoms with Crippen LogP contribution >= 0.6 is 31.3 Å². The normalized spacial score (nSPS) is 30.2. The predicted molar refractivity (Wildman–Crippen MR) is 234 cm³/mol. The first kappa shape index (κ1) is 55.6. The zero-order chi connectivity index (χ0) is 55.0. The average molecular weight is 1160 g/mol. The number of aromatic amines is 2. The van der Waals surface area contributed by atoms with Crippen LogP contribution in [-0.2, 0) is 71.0 Å². The highest BCUT2D eigenvalue weighted by molar-refractivity contribution is 7.65. The number of methoxy groups -OCH3 is 1. The largest absolute Gasteiger partial charge is 0.756 e. The number of nitrogens with one attached hydrogen (secondary N) is 3. The Morgan fingerprint density at radius 2 is 1.34 bits per heavy atom. The minimum absolute atomic E-state index is 0.0374. The highest BCUT2D eigenvalue weighted by Gasteiger charge is 2.52. The van der Waals surface area contributed by atoms with Gasteiger partial charge in [-0.25, -0.2) is 37.5 Å². The number of halogens is 1. The van der Waals surface area contributed by atoms with E-state index >= 15 is 4.39 Å². The second kappa shape index (κ2) is 20.9. The van der Waals surface area contributed by atoms with Crippen LogP contribution < -0.4 is 52.0 Å². The van der Waals surface area contributed by atoms with Crippen LogP contribution in [0.4, 0.5) is 22.1 Å². The number of aryl methyl sites for hydroxylation is 1. The van der Waals surface area contributed by atoms with Gasteiger partial charge in [0.05, 0.1) is 39.5 Å². The highest BCUT2D eigenvalue weighted by atomic mass is 31.3. The van der Waals surface area contributed by atoms with Gasteiger partial charge in [0, 0.05) is 14.2 Å². The van der Waals surface area contributed by atoms with E-state index in [1.165, 1.54) is 29.6 Å². The fraction of sp³-hybridized carbons (Fsp3) is 0.545. The van der Waals surface area contributed by atoms with Crippen LogP contribution in [0.5, 0.6) is 0 Å². The number of hydrogen-bond acceptors (Lipinski definition) is 32. The van der Waals surface area contributed by atoms with Gasteiger partial charge in [0.15, 0.2) is 47.6 Å². The Bertz CT molecular complexity index is 3490. The quantitative estimate of drug-likeness (QED) is 0.0261. The Hall–Kier alpha value is -5.18. The molecule has 6 aromatic rings. The number of hydrogen-bond donors (Lipinski definition) is 8. The van der Waals surface area contributed by atoms with Crippen molar-refractivity contribution in [1.82, 2.24) is 53.6 Å². The van der Waals surface area contributed by atoms with Gasteiger partial charge in [-0.1, -0.05) is 4.98 Å². The molecular weight excluding hydrogens is 1120 g/mol. The van der Waals surface area contributed by atoms with E-state index in [0.717, 1.165) is 35.2 Å². The summed E-state index contributed by atoms with van der Waals surface area (Å²) in [5.41, 5.74) is 9.31. The van der Waals surface area contributed by atoms with Crippen molar-refractivity contribution < 1.29 is 108 Å². The van der Waals surface area contributed by atoms with Crippen molar-refractivity contribution in [2.24, 2.45) is 7.05 Å². The van der Waals surface area contributed by atoms with E-state index in [0.29, 0.717) is 0 Å². The molecule has 0 spiro atoms. The van der Waals surface area contributed by atoms with Crippen LogP contribution in [0, 0.1) is 0 Å². The minimum Gasteiger partial charge on any atom is -0.756 e. The summed E-state index contributed by atoms with van der Waals surface area (Å²) in [5, 5.41) is 35.1. The fourth-order valence-electron chi connectivity index (χ4n) is 8.40. The monoisotopic (exact) mass is 1160 g/mol. The Labute approximate surface area is 420 Å². The van der Waals surface area contributed by atoms with Gasteiger partial charge >= 0.3 is 5.65 Å². The number of aromatic nitrogens is 12. The summed E-state index contributed by atoms with van der Waals surface area (Å²) in [6, 6.07) is 0. The Morgan fingerprint density at radius 3 is 2.01 bits per heavy atom. The molecule has 0 bridgehead atoms. The number of phosphoric ester groups is 3. The maximum atomic E-state index is 15.3. The summed E-state index contributed by atoms with van der Waals surface area (Å²) >= 11 is 0. The van der Waals surface area contributed by atoms with Gasteiger partial charge in [-0.05, 0) is 0 Å². The topological polar surface area (TPSA) is 539 Å². The van der Waals surface area contributed by atoms with Gasteiger partial charge in [-0.15, -0.1) is 0 Å². The van der Waals surface area contributed by atoms with Crippen LogP contribution in [0.3, 0.4) is 0 Å². The Morgan fingerprint density at radius 1 is 0.750 bits per heavy atom. The summed E-state index contributed by atoms with van der Waals surface area (Å²) in [4.78, 5) is 105. The number of fused-ring (bicyclic) bond motifs is 3. The van der Waals surface area contributed by atoms with Gasteiger partial charge in [-0.3, -0.25) is 51.5 Å². The Kier molecular flexibility index (Phi) is 15.3. The van der Waals surface area contributed by atoms with Crippen molar-refractivity contribution in [2.45, 2.75) is 73.7 Å². The highest BCUT2D eigenvalue weighted by Crippen LogP contribution is 2.63. The predicted octanol–water partition coefficient (Wildman–Crippen LogP) is -5.80. The lowest BCUT2D eigenvalue weighted by Gasteiger charge is -2.35. The molecule has 0 saturated carbocycles. The lowest BCUT2D eigenvalue weighted by atomic mass is 10.1. The van der Waals surface area contributed by atoms with Gasteiger partial charge in [0.2, 0.25) is 17.7 Å². The van der Waals surface area contributed by atoms with Gasteiger partial charge in [0.25, 0.3) is 48.4 Å². The van der Waals surface area contributed by atoms with Crippen LogP contribution in [0.15, 0.2) is 34.9 Å². The van der Waals surface area contributed by atoms with E-state index in [4.69, 9.17) is 44.0 Å². The molecule has 38 nitrogen and oxygen atoms in total. The number of imidazole rings is 3. The molecule has 6 aromatic heterocycles. The molecule has 416 valence electrons. The maximum Gasteiger partial charge on any atom is 0.313 e. The van der Waals surface area contributed by atoms with Crippen molar-refractivity contribution in [3.05, 3.63) is 46.0 Å². The summed E-state index contributed by atoms with van der Waals surface area (Å²) in [5.74, 6) is -0.479.